The Labute approximate surface area is 137 Å². The van der Waals surface area contributed by atoms with Crippen LogP contribution in [0.1, 0.15) is 22.8 Å². The van der Waals surface area contributed by atoms with Gasteiger partial charge in [-0.05, 0) is 42.8 Å². The topological polar surface area (TPSA) is 113 Å². The maximum Gasteiger partial charge on any atom is 0.276 e. The number of rotatable bonds is 3. The molecule has 0 spiro atoms. The van der Waals surface area contributed by atoms with Crippen LogP contribution in [0.5, 0.6) is 0 Å². The number of benzene rings is 1. The van der Waals surface area contributed by atoms with Crippen molar-refractivity contribution in [2.45, 2.75) is 6.92 Å². The molecule has 24 heavy (non-hydrogen) atoms. The maximum atomic E-state index is 12.2. The molecule has 3 aromatic rings. The second-order valence-electron chi connectivity index (χ2n) is 5.21. The number of pyridine rings is 2. The van der Waals surface area contributed by atoms with Crippen molar-refractivity contribution in [3.05, 3.63) is 70.1 Å². The van der Waals surface area contributed by atoms with E-state index in [1.807, 2.05) is 0 Å². The number of aromatic amines is 1. The summed E-state index contributed by atoms with van der Waals surface area (Å²) in [5.41, 5.74) is 9.99. The molecule has 2 heterocycles. The Morgan fingerprint density at radius 3 is 2.75 bits per heavy atom. The highest BCUT2D eigenvalue weighted by molar-refractivity contribution is 6.01. The summed E-state index contributed by atoms with van der Waals surface area (Å²) in [5, 5.41) is 4.70. The minimum atomic E-state index is -0.586. The molecule has 0 aliphatic carbocycles. The van der Waals surface area contributed by atoms with Gasteiger partial charge in [0, 0.05) is 17.3 Å². The number of hydrazone groups is 1. The summed E-state index contributed by atoms with van der Waals surface area (Å²) in [6.45, 7) is 1.75. The number of fused-ring (bicyclic) bond motifs is 1. The van der Waals surface area contributed by atoms with E-state index in [2.05, 4.69) is 20.5 Å². The van der Waals surface area contributed by atoms with Crippen LogP contribution in [0, 0.1) is 0 Å². The van der Waals surface area contributed by atoms with Gasteiger partial charge in [-0.1, -0.05) is 12.1 Å². The summed E-state index contributed by atoms with van der Waals surface area (Å²) in [6, 6.07) is 12.1. The molecule has 1 aromatic carbocycles. The van der Waals surface area contributed by atoms with Crippen molar-refractivity contribution < 1.29 is 4.79 Å². The Kier molecular flexibility index (Phi) is 4.07. The molecule has 0 fully saturated rings. The number of amides is 1. The summed E-state index contributed by atoms with van der Waals surface area (Å²) in [7, 11) is 0. The number of aromatic nitrogens is 2. The number of nitrogens with one attached hydrogen (secondary N) is 2. The number of carbonyl (C=O) groups is 1. The molecule has 3 rings (SSSR count). The zero-order valence-electron chi connectivity index (χ0n) is 12.9. The van der Waals surface area contributed by atoms with Crippen molar-refractivity contribution in [1.82, 2.24) is 15.4 Å². The lowest BCUT2D eigenvalue weighted by Gasteiger charge is -2.04. The van der Waals surface area contributed by atoms with Gasteiger partial charge in [0.15, 0.2) is 0 Å². The van der Waals surface area contributed by atoms with Gasteiger partial charge in [-0.25, -0.2) is 10.4 Å². The Hall–Kier alpha value is -3.48. The van der Waals surface area contributed by atoms with Crippen LogP contribution in [0.2, 0.25) is 0 Å². The molecule has 7 nitrogen and oxygen atoms in total. The smallest absolute Gasteiger partial charge is 0.276 e. The third kappa shape index (κ3) is 3.14. The van der Waals surface area contributed by atoms with Gasteiger partial charge in [-0.15, -0.1) is 0 Å². The molecule has 7 heteroatoms. The SMILES string of the molecule is C/C(=N\NC(=O)c1cc2cccnc2[nH]c1=O)c1ccc(N)cc1. The fraction of sp³-hybridized carbons (Fsp3) is 0.0588. The molecule has 0 aliphatic heterocycles. The first-order valence-electron chi connectivity index (χ1n) is 7.23. The van der Waals surface area contributed by atoms with Crippen LogP contribution in [-0.4, -0.2) is 21.6 Å². The van der Waals surface area contributed by atoms with E-state index in [1.165, 1.54) is 6.07 Å². The van der Waals surface area contributed by atoms with Gasteiger partial charge in [-0.3, -0.25) is 9.59 Å². The van der Waals surface area contributed by atoms with Crippen LogP contribution < -0.4 is 16.7 Å². The highest BCUT2D eigenvalue weighted by atomic mass is 16.2. The summed E-state index contributed by atoms with van der Waals surface area (Å²) in [4.78, 5) is 30.8. The second kappa shape index (κ2) is 6.33. The fourth-order valence-corrected chi connectivity index (χ4v) is 2.19. The highest BCUT2D eigenvalue weighted by Gasteiger charge is 2.11. The fourth-order valence-electron chi connectivity index (χ4n) is 2.19. The molecule has 0 saturated carbocycles. The Morgan fingerprint density at radius 1 is 1.25 bits per heavy atom. The predicted octanol–water partition coefficient (Wildman–Crippen LogP) is 1.66. The van der Waals surface area contributed by atoms with Gasteiger partial charge in [-0.2, -0.15) is 5.10 Å². The first-order chi connectivity index (χ1) is 11.5. The van der Waals surface area contributed by atoms with Crippen molar-refractivity contribution in [2.75, 3.05) is 5.73 Å². The minimum absolute atomic E-state index is 0.0237. The first-order valence-corrected chi connectivity index (χ1v) is 7.23. The molecule has 0 unspecified atom stereocenters. The van der Waals surface area contributed by atoms with E-state index in [-0.39, 0.29) is 5.56 Å². The molecule has 4 N–H and O–H groups in total. The van der Waals surface area contributed by atoms with Crippen LogP contribution >= 0.6 is 0 Å². The molecular formula is C17H15N5O2. The standard InChI is InChI=1S/C17H15N5O2/c1-10(11-4-6-13(18)7-5-11)21-22-17(24)14-9-12-3-2-8-19-15(12)20-16(14)23/h2-9H,18H2,1H3,(H,22,24)(H,19,20,23)/b21-10+. The van der Waals surface area contributed by atoms with Crippen molar-refractivity contribution in [2.24, 2.45) is 5.10 Å². The minimum Gasteiger partial charge on any atom is -0.399 e. The second-order valence-corrected chi connectivity index (χ2v) is 5.21. The van der Waals surface area contributed by atoms with E-state index in [1.54, 1.807) is 49.5 Å². The lowest BCUT2D eigenvalue weighted by molar-refractivity contribution is 0.0953. The van der Waals surface area contributed by atoms with Crippen LogP contribution in [0.4, 0.5) is 5.69 Å². The molecule has 0 radical (unpaired) electrons. The summed E-state index contributed by atoms with van der Waals surface area (Å²) < 4.78 is 0. The Bertz CT molecular complexity index is 990. The summed E-state index contributed by atoms with van der Waals surface area (Å²) in [6.07, 6.45) is 1.57. The Balaban J connectivity index is 1.84. The molecule has 120 valence electrons. The molecule has 1 amide bonds. The number of nitrogens with two attached hydrogens (primary N) is 1. The number of hydrogen-bond donors (Lipinski definition) is 3. The van der Waals surface area contributed by atoms with Gasteiger partial charge in [0.25, 0.3) is 11.5 Å². The lowest BCUT2D eigenvalue weighted by atomic mass is 10.1. The molecule has 0 aliphatic rings. The van der Waals surface area contributed by atoms with Crippen molar-refractivity contribution in [3.63, 3.8) is 0 Å². The average molecular weight is 321 g/mol. The van der Waals surface area contributed by atoms with Crippen LogP contribution in [-0.2, 0) is 0 Å². The first kappa shape index (κ1) is 15.4. The molecular weight excluding hydrogens is 306 g/mol. The predicted molar refractivity (Wildman–Crippen MR) is 92.9 cm³/mol. The maximum absolute atomic E-state index is 12.2. The third-order valence-electron chi connectivity index (χ3n) is 3.51. The summed E-state index contributed by atoms with van der Waals surface area (Å²) in [5.74, 6) is -0.586. The zero-order chi connectivity index (χ0) is 17.1. The van der Waals surface area contributed by atoms with Crippen LogP contribution in [0.15, 0.2) is 58.6 Å². The zero-order valence-corrected chi connectivity index (χ0v) is 12.9. The Morgan fingerprint density at radius 2 is 2.00 bits per heavy atom. The number of nitrogen functional groups attached to an aromatic ring is 1. The lowest BCUT2D eigenvalue weighted by Crippen LogP contribution is -2.27. The van der Waals surface area contributed by atoms with E-state index in [4.69, 9.17) is 5.73 Å². The summed E-state index contributed by atoms with van der Waals surface area (Å²) >= 11 is 0. The number of nitrogens with zero attached hydrogens (tertiary/aromatic N) is 2. The van der Waals surface area contributed by atoms with E-state index in [0.29, 0.717) is 22.4 Å². The van der Waals surface area contributed by atoms with Gasteiger partial charge in [0.05, 0.1) is 5.71 Å². The van der Waals surface area contributed by atoms with E-state index >= 15 is 0 Å². The van der Waals surface area contributed by atoms with Crippen LogP contribution in [0.25, 0.3) is 11.0 Å². The monoisotopic (exact) mass is 321 g/mol. The quantitative estimate of drug-likeness (QED) is 0.387. The van der Waals surface area contributed by atoms with Gasteiger partial charge in [0.2, 0.25) is 0 Å². The van der Waals surface area contributed by atoms with Gasteiger partial charge >= 0.3 is 0 Å². The van der Waals surface area contributed by atoms with Gasteiger partial charge in [0.1, 0.15) is 11.2 Å². The normalized spacial score (nSPS) is 11.5. The number of H-pyrrole nitrogens is 1. The molecule has 0 atom stereocenters. The average Bonchev–Trinajstić information content (AvgIpc) is 2.59. The van der Waals surface area contributed by atoms with Crippen LogP contribution in [0.3, 0.4) is 0 Å². The largest absolute Gasteiger partial charge is 0.399 e. The number of anilines is 1. The number of carbonyl (C=O) groups excluding carboxylic acids is 1. The van der Waals surface area contributed by atoms with Crippen molar-refractivity contribution in [3.8, 4) is 0 Å². The molecule has 2 aromatic heterocycles. The number of hydrogen-bond acceptors (Lipinski definition) is 5. The van der Waals surface area contributed by atoms with E-state index in [9.17, 15) is 9.59 Å². The highest BCUT2D eigenvalue weighted by Crippen LogP contribution is 2.08. The van der Waals surface area contributed by atoms with Crippen molar-refractivity contribution in [1.29, 1.82) is 0 Å². The van der Waals surface area contributed by atoms with Gasteiger partial charge < -0.3 is 10.7 Å². The molecule has 0 bridgehead atoms. The molecule has 0 saturated heterocycles. The van der Waals surface area contributed by atoms with E-state index < -0.39 is 11.5 Å². The van der Waals surface area contributed by atoms with E-state index in [0.717, 1.165) is 5.56 Å². The van der Waals surface area contributed by atoms with Crippen molar-refractivity contribution >= 4 is 28.3 Å². The third-order valence-corrected chi connectivity index (χ3v) is 3.51.